The van der Waals surface area contributed by atoms with Gasteiger partial charge >= 0.3 is 0 Å². The molecule has 184 valence electrons. The summed E-state index contributed by atoms with van der Waals surface area (Å²) in [7, 11) is -1.58. The van der Waals surface area contributed by atoms with Crippen molar-refractivity contribution in [3.05, 3.63) is 54.1 Å². The molecule has 35 heavy (non-hydrogen) atoms. The van der Waals surface area contributed by atoms with Crippen LogP contribution in [0.15, 0.2) is 47.6 Å². The Bertz CT molecular complexity index is 1490. The minimum Gasteiger partial charge on any atom is -0.378 e. The van der Waals surface area contributed by atoms with E-state index in [1.165, 1.54) is 3.97 Å². The van der Waals surface area contributed by atoms with E-state index in [9.17, 15) is 8.42 Å². The molecule has 2 aliphatic rings. The maximum Gasteiger partial charge on any atom is 0.269 e. The molecule has 0 amide bonds. The maximum atomic E-state index is 13.4. The van der Waals surface area contributed by atoms with Crippen molar-refractivity contribution in [1.29, 1.82) is 0 Å². The van der Waals surface area contributed by atoms with Crippen molar-refractivity contribution >= 4 is 26.8 Å². The van der Waals surface area contributed by atoms with E-state index < -0.39 is 10.0 Å². The van der Waals surface area contributed by atoms with Crippen LogP contribution in [0.5, 0.6) is 0 Å². The highest BCUT2D eigenvalue weighted by molar-refractivity contribution is 7.90. The highest BCUT2D eigenvalue weighted by Crippen LogP contribution is 2.43. The van der Waals surface area contributed by atoms with Crippen molar-refractivity contribution in [2.24, 2.45) is 5.92 Å². The van der Waals surface area contributed by atoms with Crippen LogP contribution in [0.3, 0.4) is 0 Å². The average molecular weight is 495 g/mol. The van der Waals surface area contributed by atoms with Gasteiger partial charge in [0.05, 0.1) is 35.9 Å². The van der Waals surface area contributed by atoms with Gasteiger partial charge in [-0.2, -0.15) is 0 Å². The summed E-state index contributed by atoms with van der Waals surface area (Å²) in [6.45, 7) is 5.77. The van der Waals surface area contributed by atoms with Crippen LogP contribution in [0.2, 0.25) is 0 Å². The molecule has 9 nitrogen and oxygen atoms in total. The van der Waals surface area contributed by atoms with Gasteiger partial charge in [0.15, 0.2) is 11.3 Å². The Morgan fingerprint density at radius 1 is 1.09 bits per heavy atom. The fraction of sp³-hybridized carbons (Fsp3) is 0.480. The highest BCUT2D eigenvalue weighted by Gasteiger charge is 2.41. The largest absolute Gasteiger partial charge is 0.378 e. The van der Waals surface area contributed by atoms with E-state index >= 15 is 0 Å². The van der Waals surface area contributed by atoms with Gasteiger partial charge in [0.25, 0.3) is 10.0 Å². The number of aromatic nitrogens is 5. The van der Waals surface area contributed by atoms with Crippen molar-refractivity contribution in [1.82, 2.24) is 28.5 Å². The van der Waals surface area contributed by atoms with E-state index in [2.05, 4.69) is 34.1 Å². The van der Waals surface area contributed by atoms with Crippen LogP contribution in [0.4, 0.5) is 0 Å². The number of fused-ring (bicyclic) bond motifs is 3. The van der Waals surface area contributed by atoms with Gasteiger partial charge < -0.3 is 4.74 Å². The number of rotatable bonds is 6. The van der Waals surface area contributed by atoms with E-state index in [0.717, 1.165) is 43.9 Å². The number of hydrogen-bond acceptors (Lipinski definition) is 7. The lowest BCUT2D eigenvalue weighted by Crippen LogP contribution is -2.50. The molecule has 6 rings (SSSR count). The quantitative estimate of drug-likeness (QED) is 0.406. The minimum absolute atomic E-state index is 0.235. The monoisotopic (exact) mass is 494 g/mol. The Kier molecular flexibility index (Phi) is 5.43. The summed E-state index contributed by atoms with van der Waals surface area (Å²) in [5, 5.41) is 9.02. The van der Waals surface area contributed by atoms with Crippen LogP contribution in [0.1, 0.15) is 43.5 Å². The van der Waals surface area contributed by atoms with Gasteiger partial charge in [-0.05, 0) is 50.9 Å². The molecule has 0 spiro atoms. The average Bonchev–Trinajstić information content (AvgIpc) is 3.53. The fourth-order valence-electron chi connectivity index (χ4n) is 5.66. The molecule has 4 aromatic rings. The third-order valence-corrected chi connectivity index (χ3v) is 9.62. The van der Waals surface area contributed by atoms with Gasteiger partial charge in [-0.3, -0.25) is 9.30 Å². The molecule has 0 bridgehead atoms. The third kappa shape index (κ3) is 3.57. The summed E-state index contributed by atoms with van der Waals surface area (Å²) >= 11 is 0. The van der Waals surface area contributed by atoms with Crippen molar-refractivity contribution in [2.75, 3.05) is 20.3 Å². The summed E-state index contributed by atoms with van der Waals surface area (Å²) in [4.78, 5) is 7.19. The summed E-state index contributed by atoms with van der Waals surface area (Å²) in [6.07, 6.45) is 6.36. The van der Waals surface area contributed by atoms with Gasteiger partial charge in [-0.15, -0.1) is 10.2 Å². The molecule has 10 heteroatoms. The summed E-state index contributed by atoms with van der Waals surface area (Å²) < 4.78 is 35.5. The summed E-state index contributed by atoms with van der Waals surface area (Å²) in [5.41, 5.74) is 2.73. The molecule has 1 saturated heterocycles. The normalized spacial score (nSPS) is 23.5. The first-order valence-corrected chi connectivity index (χ1v) is 13.7. The predicted molar refractivity (Wildman–Crippen MR) is 132 cm³/mol. The second-order valence-electron chi connectivity index (χ2n) is 9.91. The van der Waals surface area contributed by atoms with Crippen molar-refractivity contribution < 1.29 is 13.2 Å². The van der Waals surface area contributed by atoms with Gasteiger partial charge in [-0.1, -0.05) is 31.0 Å². The van der Waals surface area contributed by atoms with E-state index in [1.54, 1.807) is 42.7 Å². The molecular formula is C25H30N6O3S. The molecule has 2 fully saturated rings. The molecule has 1 aliphatic heterocycles. The number of aryl methyl sites for hydroxylation is 1. The SMILES string of the molecule is CC[C@@H]1C[C@H](N(C)C2COC2)C[C@@H]1c1nnc2cnc3c(ccn3S(=O)(=O)c3ccc(C)cc3)n12. The molecule has 4 heterocycles. The number of ether oxygens (including phenoxy) is 1. The first kappa shape index (κ1) is 22.6. The standard InChI is InChI=1S/C25H30N6O3S/c1-4-17-11-18(29(3)19-14-34-15-19)12-21(17)24-28-27-23-13-26-25-22(31(23)24)9-10-30(25)35(32,33)20-7-5-16(2)6-8-20/h5-10,13,17-19,21H,4,11-12,14-15H2,1-3H3/t17-,18+,21+/m1/s1. The molecule has 1 saturated carbocycles. The van der Waals surface area contributed by atoms with E-state index in [1.807, 2.05) is 11.3 Å². The topological polar surface area (TPSA) is 94.6 Å². The Balaban J connectivity index is 1.42. The first-order chi connectivity index (χ1) is 16.9. The van der Waals surface area contributed by atoms with Crippen LogP contribution in [0.25, 0.3) is 16.8 Å². The summed E-state index contributed by atoms with van der Waals surface area (Å²) in [5.74, 6) is 1.62. The van der Waals surface area contributed by atoms with Crippen LogP contribution >= 0.6 is 0 Å². The predicted octanol–water partition coefficient (Wildman–Crippen LogP) is 3.23. The van der Waals surface area contributed by atoms with Crippen molar-refractivity contribution in [3.8, 4) is 0 Å². The van der Waals surface area contributed by atoms with Gasteiger partial charge in [-0.25, -0.2) is 17.4 Å². The fourth-order valence-corrected chi connectivity index (χ4v) is 6.96. The van der Waals surface area contributed by atoms with E-state index in [4.69, 9.17) is 4.74 Å². The zero-order valence-electron chi connectivity index (χ0n) is 20.2. The highest BCUT2D eigenvalue weighted by atomic mass is 32.2. The molecular weight excluding hydrogens is 464 g/mol. The Labute approximate surface area is 204 Å². The lowest BCUT2D eigenvalue weighted by atomic mass is 9.93. The van der Waals surface area contributed by atoms with Crippen LogP contribution in [-0.2, 0) is 14.8 Å². The van der Waals surface area contributed by atoms with E-state index in [-0.39, 0.29) is 10.8 Å². The third-order valence-electron chi connectivity index (χ3n) is 7.94. The lowest BCUT2D eigenvalue weighted by Gasteiger charge is -2.38. The van der Waals surface area contributed by atoms with Crippen LogP contribution in [0, 0.1) is 12.8 Å². The van der Waals surface area contributed by atoms with Crippen molar-refractivity contribution in [3.63, 3.8) is 0 Å². The Morgan fingerprint density at radius 3 is 2.54 bits per heavy atom. The number of benzene rings is 1. The molecule has 0 unspecified atom stereocenters. The van der Waals surface area contributed by atoms with Crippen molar-refractivity contribution in [2.45, 2.75) is 56.0 Å². The van der Waals surface area contributed by atoms with Gasteiger partial charge in [0.2, 0.25) is 0 Å². The molecule has 3 aromatic heterocycles. The zero-order chi connectivity index (χ0) is 24.3. The van der Waals surface area contributed by atoms with Gasteiger partial charge in [0.1, 0.15) is 5.82 Å². The molecule has 1 aliphatic carbocycles. The van der Waals surface area contributed by atoms with Gasteiger partial charge in [0, 0.05) is 18.2 Å². The molecule has 3 atom stereocenters. The van der Waals surface area contributed by atoms with E-state index in [0.29, 0.717) is 34.8 Å². The number of hydrogen-bond donors (Lipinski definition) is 0. The minimum atomic E-state index is -3.78. The summed E-state index contributed by atoms with van der Waals surface area (Å²) in [6, 6.07) is 9.63. The second-order valence-corrected chi connectivity index (χ2v) is 11.7. The maximum absolute atomic E-state index is 13.4. The molecule has 0 N–H and O–H groups in total. The number of nitrogens with zero attached hydrogens (tertiary/aromatic N) is 6. The molecule has 1 aromatic carbocycles. The smallest absolute Gasteiger partial charge is 0.269 e. The zero-order valence-corrected chi connectivity index (χ0v) is 21.0. The Hall–Kier alpha value is -2.82. The lowest BCUT2D eigenvalue weighted by molar-refractivity contribution is -0.0690. The second kappa shape index (κ2) is 8.39. The molecule has 0 radical (unpaired) electrons. The first-order valence-electron chi connectivity index (χ1n) is 12.2. The van der Waals surface area contributed by atoms with Crippen LogP contribution in [-0.4, -0.2) is 69.2 Å². The Morgan fingerprint density at radius 2 is 1.86 bits per heavy atom. The number of likely N-dealkylation sites (N-methyl/N-ethyl adjacent to an activating group) is 1. The van der Waals surface area contributed by atoms with Crippen LogP contribution < -0.4 is 0 Å².